The Hall–Kier alpha value is -7.28. The maximum atomic E-state index is 6.53. The van der Waals surface area contributed by atoms with E-state index in [1.807, 2.05) is 35.6 Å². The van der Waals surface area contributed by atoms with E-state index in [0.29, 0.717) is 5.78 Å². The van der Waals surface area contributed by atoms with Crippen molar-refractivity contribution in [2.45, 2.75) is 0 Å². The van der Waals surface area contributed by atoms with Gasteiger partial charge >= 0.3 is 0 Å². The van der Waals surface area contributed by atoms with Crippen molar-refractivity contribution in [2.75, 3.05) is 9.80 Å². The van der Waals surface area contributed by atoms with Crippen LogP contribution in [0.15, 0.2) is 195 Å². The molecule has 0 saturated carbocycles. The lowest BCUT2D eigenvalue weighted by Gasteiger charge is -2.25. The third kappa shape index (κ3) is 4.79. The van der Waals surface area contributed by atoms with Gasteiger partial charge in [0.1, 0.15) is 22.3 Å². The van der Waals surface area contributed by atoms with Gasteiger partial charge in [-0.3, -0.25) is 0 Å². The molecule has 6 heteroatoms. The molecule has 0 bridgehead atoms. The second-order valence-electron chi connectivity index (χ2n) is 14.1. The molecule has 0 N–H and O–H groups in total. The van der Waals surface area contributed by atoms with Gasteiger partial charge in [0.05, 0.1) is 5.39 Å². The number of furan rings is 3. The van der Waals surface area contributed by atoms with Crippen LogP contribution in [-0.4, -0.2) is 0 Å². The van der Waals surface area contributed by atoms with E-state index >= 15 is 0 Å². The Morgan fingerprint density at radius 2 is 0.804 bits per heavy atom. The minimum atomic E-state index is 0.511. The molecule has 8 aromatic carbocycles. The zero-order chi connectivity index (χ0) is 36.7. The van der Waals surface area contributed by atoms with Crippen LogP contribution in [0.1, 0.15) is 0 Å². The Morgan fingerprint density at radius 3 is 1.55 bits per heavy atom. The van der Waals surface area contributed by atoms with Gasteiger partial charge in [-0.25, -0.2) is 0 Å². The van der Waals surface area contributed by atoms with E-state index in [1.165, 1.54) is 20.2 Å². The van der Waals surface area contributed by atoms with E-state index in [4.69, 9.17) is 13.3 Å². The first-order valence-corrected chi connectivity index (χ1v) is 19.5. The molecule has 0 aliphatic carbocycles. The Bertz CT molecular complexity index is 3450. The van der Waals surface area contributed by atoms with Crippen LogP contribution in [0, 0.1) is 0 Å². The molecule has 0 aliphatic rings. The van der Waals surface area contributed by atoms with Crippen LogP contribution in [-0.2, 0) is 0 Å². The highest BCUT2D eigenvalue weighted by Gasteiger charge is 2.22. The second kappa shape index (κ2) is 12.1. The Kier molecular flexibility index (Phi) is 6.73. The third-order valence-corrected chi connectivity index (χ3v) is 12.0. The zero-order valence-electron chi connectivity index (χ0n) is 29.8. The highest BCUT2D eigenvalue weighted by Crippen LogP contribution is 2.45. The van der Waals surface area contributed by atoms with Crippen LogP contribution < -0.4 is 9.80 Å². The lowest BCUT2D eigenvalue weighted by molar-refractivity contribution is 0.524. The number of anilines is 6. The van der Waals surface area contributed by atoms with Crippen LogP contribution in [0.2, 0.25) is 0 Å². The summed E-state index contributed by atoms with van der Waals surface area (Å²) >= 11 is 1.83. The molecule has 4 aromatic heterocycles. The molecule has 0 radical (unpaired) electrons. The molecule has 0 atom stereocenters. The molecule has 264 valence electrons. The lowest BCUT2D eigenvalue weighted by Crippen LogP contribution is -2.09. The molecule has 0 aliphatic heterocycles. The number of benzene rings is 8. The van der Waals surface area contributed by atoms with Crippen molar-refractivity contribution in [1.82, 2.24) is 0 Å². The van der Waals surface area contributed by atoms with Gasteiger partial charge in [0, 0.05) is 88.0 Å². The maximum Gasteiger partial charge on any atom is 0.299 e. The molecule has 0 unspecified atom stereocenters. The zero-order valence-corrected chi connectivity index (χ0v) is 30.7. The average molecular weight is 739 g/mol. The highest BCUT2D eigenvalue weighted by molar-refractivity contribution is 7.25. The standard InChI is InChI=1S/C50H30N2O3S/c1-3-11-31(12-4-1)51(36-20-24-40-39-16-8-10-18-47(39)56-48(40)30-36)33-22-26-44-42(27-33)49-41-25-21-35(29-46(41)55-50(49)54-44)52(32-13-5-2-6-14-32)34-19-23-38-37-15-7-9-17-43(37)53-45(38)28-34/h1-30H. The van der Waals surface area contributed by atoms with Crippen LogP contribution in [0.5, 0.6) is 0 Å². The van der Waals surface area contributed by atoms with E-state index in [1.54, 1.807) is 0 Å². The van der Waals surface area contributed by atoms with Crippen LogP contribution in [0.4, 0.5) is 34.1 Å². The SMILES string of the molecule is c1ccc(N(c2ccc3c(c2)oc2ccccc23)c2ccc3c(c2)oc2oc4ccc(N(c5ccccc5)c5ccc6c(c5)sc5ccccc56)cc4c23)cc1. The van der Waals surface area contributed by atoms with Gasteiger partial charge in [-0.1, -0.05) is 78.9 Å². The topological polar surface area (TPSA) is 45.9 Å². The quantitative estimate of drug-likeness (QED) is 0.170. The predicted octanol–water partition coefficient (Wildman–Crippen LogP) is 15.5. The lowest BCUT2D eigenvalue weighted by atomic mass is 10.1. The molecule has 12 rings (SSSR count). The van der Waals surface area contributed by atoms with Gasteiger partial charge in [0.15, 0.2) is 0 Å². The maximum absolute atomic E-state index is 6.53. The van der Waals surface area contributed by atoms with Gasteiger partial charge in [0.25, 0.3) is 5.78 Å². The average Bonchev–Trinajstić information content (AvgIpc) is 4.00. The summed E-state index contributed by atoms with van der Waals surface area (Å²) in [6.45, 7) is 0. The van der Waals surface area contributed by atoms with E-state index in [2.05, 4.69) is 168 Å². The van der Waals surface area contributed by atoms with Gasteiger partial charge < -0.3 is 23.1 Å². The smallest absolute Gasteiger partial charge is 0.299 e. The summed E-state index contributed by atoms with van der Waals surface area (Å²) in [5.41, 5.74) is 9.46. The van der Waals surface area contributed by atoms with E-state index < -0.39 is 0 Å². The van der Waals surface area contributed by atoms with Crippen LogP contribution in [0.3, 0.4) is 0 Å². The molecule has 0 fully saturated rings. The van der Waals surface area contributed by atoms with Gasteiger partial charge in [-0.2, -0.15) is 0 Å². The summed E-state index contributed by atoms with van der Waals surface area (Å²) in [6, 6.07) is 63.8. The van der Waals surface area contributed by atoms with Crippen molar-refractivity contribution in [3.8, 4) is 0 Å². The first-order valence-electron chi connectivity index (χ1n) is 18.7. The van der Waals surface area contributed by atoms with Gasteiger partial charge in [-0.15, -0.1) is 11.3 Å². The molecule has 4 heterocycles. The van der Waals surface area contributed by atoms with Crippen molar-refractivity contribution in [3.63, 3.8) is 0 Å². The van der Waals surface area contributed by atoms with Crippen LogP contribution in [0.25, 0.3) is 75.2 Å². The highest BCUT2D eigenvalue weighted by atomic mass is 32.1. The fourth-order valence-corrected chi connectivity index (χ4v) is 9.47. The summed E-state index contributed by atoms with van der Waals surface area (Å²) in [5, 5.41) is 7.74. The molecular formula is C50H30N2O3S. The van der Waals surface area contributed by atoms with Crippen molar-refractivity contribution >= 4 is 121 Å². The summed E-state index contributed by atoms with van der Waals surface area (Å²) in [7, 11) is 0. The van der Waals surface area contributed by atoms with Crippen molar-refractivity contribution < 1.29 is 13.3 Å². The number of thiophene rings is 1. The molecular weight excluding hydrogens is 709 g/mol. The normalized spacial score (nSPS) is 11.9. The van der Waals surface area contributed by atoms with Crippen molar-refractivity contribution in [2.24, 2.45) is 0 Å². The summed E-state index contributed by atoms with van der Waals surface area (Å²) in [5.74, 6) is 0.511. The minimum absolute atomic E-state index is 0.511. The van der Waals surface area contributed by atoms with Crippen molar-refractivity contribution in [1.29, 1.82) is 0 Å². The fourth-order valence-electron chi connectivity index (χ4n) is 8.33. The fraction of sp³-hybridized carbons (Fsp3) is 0. The Balaban J connectivity index is 0.993. The number of rotatable bonds is 6. The summed E-state index contributed by atoms with van der Waals surface area (Å²) in [6.07, 6.45) is 0. The summed E-state index contributed by atoms with van der Waals surface area (Å²) in [4.78, 5) is 4.55. The van der Waals surface area contributed by atoms with Crippen LogP contribution >= 0.6 is 11.3 Å². The number of hydrogen-bond acceptors (Lipinski definition) is 6. The number of hydrogen-bond donors (Lipinski definition) is 0. The largest absolute Gasteiger partial charge is 0.456 e. The molecule has 0 spiro atoms. The second-order valence-corrected chi connectivity index (χ2v) is 15.2. The van der Waals surface area contributed by atoms with E-state index in [9.17, 15) is 0 Å². The van der Waals surface area contributed by atoms with Gasteiger partial charge in [-0.05, 0) is 91.0 Å². The Morgan fingerprint density at radius 1 is 0.304 bits per heavy atom. The molecule has 12 aromatic rings. The first kappa shape index (κ1) is 31.1. The van der Waals surface area contributed by atoms with Gasteiger partial charge in [0.2, 0.25) is 0 Å². The monoisotopic (exact) mass is 738 g/mol. The number of para-hydroxylation sites is 3. The molecule has 0 saturated heterocycles. The third-order valence-electron chi connectivity index (χ3n) is 10.9. The summed E-state index contributed by atoms with van der Waals surface area (Å²) < 4.78 is 21.8. The van der Waals surface area contributed by atoms with E-state index in [0.717, 1.165) is 83.4 Å². The molecule has 56 heavy (non-hydrogen) atoms. The Labute approximate surface area is 324 Å². The van der Waals surface area contributed by atoms with Crippen molar-refractivity contribution in [3.05, 3.63) is 182 Å². The minimum Gasteiger partial charge on any atom is -0.456 e. The first-order chi connectivity index (χ1) is 27.7. The van der Waals surface area contributed by atoms with E-state index in [-0.39, 0.29) is 0 Å². The number of nitrogens with zero attached hydrogens (tertiary/aromatic N) is 2. The molecule has 0 amide bonds. The molecule has 5 nitrogen and oxygen atoms in total. The number of fused-ring (bicyclic) bond motifs is 11. The predicted molar refractivity (Wildman–Crippen MR) is 233 cm³/mol.